The fourth-order valence-corrected chi connectivity index (χ4v) is 2.16. The first-order valence-electron chi connectivity index (χ1n) is 6.85. The molecule has 0 fully saturated rings. The van der Waals surface area contributed by atoms with E-state index in [1.54, 1.807) is 10.9 Å². The van der Waals surface area contributed by atoms with Gasteiger partial charge < -0.3 is 10.8 Å². The van der Waals surface area contributed by atoms with Crippen molar-refractivity contribution in [2.45, 2.75) is 51.7 Å². The van der Waals surface area contributed by atoms with E-state index in [0.717, 1.165) is 12.8 Å². The summed E-state index contributed by atoms with van der Waals surface area (Å²) in [7, 11) is 0. The zero-order valence-electron chi connectivity index (χ0n) is 11.3. The van der Waals surface area contributed by atoms with Crippen molar-refractivity contribution in [3.05, 3.63) is 12.7 Å². The fraction of sp³-hybridized carbons (Fsp3) is 0.615. The molecule has 0 aliphatic rings. The van der Waals surface area contributed by atoms with Gasteiger partial charge in [-0.05, 0) is 12.8 Å². The van der Waals surface area contributed by atoms with Crippen LogP contribution in [0.15, 0.2) is 12.7 Å². The van der Waals surface area contributed by atoms with Crippen LogP contribution in [0, 0.1) is 0 Å². The van der Waals surface area contributed by atoms with Crippen LogP contribution in [0.4, 0.5) is 5.82 Å². The lowest BCUT2D eigenvalue weighted by Crippen LogP contribution is -2.08. The highest BCUT2D eigenvalue weighted by molar-refractivity contribution is 5.81. The molecule has 0 saturated heterocycles. The molecule has 6 heteroatoms. The Balaban J connectivity index is 1.97. The number of nitrogen functional groups attached to an aromatic ring is 1. The van der Waals surface area contributed by atoms with Gasteiger partial charge in [0.2, 0.25) is 0 Å². The highest BCUT2D eigenvalue weighted by Gasteiger charge is 2.13. The van der Waals surface area contributed by atoms with E-state index in [2.05, 4.69) is 21.9 Å². The lowest BCUT2D eigenvalue weighted by atomic mass is 10.1. The zero-order valence-corrected chi connectivity index (χ0v) is 11.3. The number of rotatable bonds is 7. The van der Waals surface area contributed by atoms with E-state index in [1.807, 2.05) is 0 Å². The first kappa shape index (κ1) is 13.7. The van der Waals surface area contributed by atoms with Crippen LogP contribution < -0.4 is 5.73 Å². The highest BCUT2D eigenvalue weighted by atomic mass is 16.3. The van der Waals surface area contributed by atoms with E-state index < -0.39 is 6.23 Å². The second kappa shape index (κ2) is 6.47. The average Bonchev–Trinajstić information content (AvgIpc) is 2.84. The summed E-state index contributed by atoms with van der Waals surface area (Å²) in [4.78, 5) is 12.2. The summed E-state index contributed by atoms with van der Waals surface area (Å²) in [6.07, 6.45) is 8.94. The molecule has 1 unspecified atom stereocenters. The first-order valence-corrected chi connectivity index (χ1v) is 6.85. The normalized spacial score (nSPS) is 12.9. The number of aromatic nitrogens is 4. The maximum Gasteiger partial charge on any atom is 0.167 e. The van der Waals surface area contributed by atoms with Crippen molar-refractivity contribution in [2.75, 3.05) is 5.73 Å². The summed E-state index contributed by atoms with van der Waals surface area (Å²) in [5.74, 6) is 0.346. The molecule has 1 atom stereocenters. The molecule has 2 aromatic heterocycles. The molecule has 0 radical (unpaired) electrons. The predicted octanol–water partition coefficient (Wildman–Crippen LogP) is 2.26. The molecule has 0 spiro atoms. The molecule has 0 saturated carbocycles. The lowest BCUT2D eigenvalue weighted by Gasteiger charge is -2.12. The van der Waals surface area contributed by atoms with Crippen LogP contribution in [-0.4, -0.2) is 24.6 Å². The van der Waals surface area contributed by atoms with Crippen molar-refractivity contribution >= 4 is 17.0 Å². The maximum atomic E-state index is 10.2. The quantitative estimate of drug-likeness (QED) is 0.748. The number of unbranched alkanes of at least 4 members (excludes halogenated alkanes) is 4. The monoisotopic (exact) mass is 263 g/mol. The molecule has 0 aromatic carbocycles. The van der Waals surface area contributed by atoms with Crippen molar-refractivity contribution in [2.24, 2.45) is 0 Å². The Morgan fingerprint density at radius 1 is 1.21 bits per heavy atom. The van der Waals surface area contributed by atoms with E-state index in [1.165, 1.54) is 25.6 Å². The van der Waals surface area contributed by atoms with Crippen LogP contribution >= 0.6 is 0 Å². The Hall–Kier alpha value is -1.69. The highest BCUT2D eigenvalue weighted by Crippen LogP contribution is 2.20. The molecular weight excluding hydrogens is 242 g/mol. The van der Waals surface area contributed by atoms with Crippen LogP contribution in [0.1, 0.15) is 51.7 Å². The molecule has 6 nitrogen and oxygen atoms in total. The molecular formula is C13H21N5O. The molecule has 0 aliphatic carbocycles. The van der Waals surface area contributed by atoms with Crippen LogP contribution in [0.3, 0.4) is 0 Å². The lowest BCUT2D eigenvalue weighted by molar-refractivity contribution is 0.0947. The van der Waals surface area contributed by atoms with Gasteiger partial charge in [0.1, 0.15) is 18.1 Å². The van der Waals surface area contributed by atoms with E-state index in [0.29, 0.717) is 23.4 Å². The Kier molecular flexibility index (Phi) is 4.68. The topological polar surface area (TPSA) is 89.8 Å². The van der Waals surface area contributed by atoms with Crippen molar-refractivity contribution in [3.63, 3.8) is 0 Å². The van der Waals surface area contributed by atoms with Gasteiger partial charge in [-0.3, -0.25) is 4.57 Å². The Morgan fingerprint density at radius 2 is 2.00 bits per heavy atom. The number of aliphatic hydroxyl groups is 1. The van der Waals surface area contributed by atoms with Gasteiger partial charge in [-0.2, -0.15) is 0 Å². The molecule has 19 heavy (non-hydrogen) atoms. The van der Waals surface area contributed by atoms with Gasteiger partial charge in [0, 0.05) is 0 Å². The molecule has 0 amide bonds. The SMILES string of the molecule is CCCCCCCC(O)n1cnc2c(N)ncnc21. The number of nitrogens with two attached hydrogens (primary N) is 1. The molecule has 104 valence electrons. The first-order chi connectivity index (χ1) is 9.24. The van der Waals surface area contributed by atoms with Crippen LogP contribution in [0.25, 0.3) is 11.2 Å². The van der Waals surface area contributed by atoms with E-state index in [9.17, 15) is 5.11 Å². The summed E-state index contributed by atoms with van der Waals surface area (Å²) in [6, 6.07) is 0. The molecule has 2 aromatic rings. The number of anilines is 1. The molecule has 2 heterocycles. The number of aliphatic hydroxyl groups excluding tert-OH is 1. The number of hydrogen-bond donors (Lipinski definition) is 2. The minimum absolute atomic E-state index is 0.346. The summed E-state index contributed by atoms with van der Waals surface area (Å²) in [5.41, 5.74) is 6.86. The zero-order chi connectivity index (χ0) is 13.7. The average molecular weight is 263 g/mol. The molecule has 0 bridgehead atoms. The van der Waals surface area contributed by atoms with Crippen LogP contribution in [0.2, 0.25) is 0 Å². The standard InChI is InChI=1S/C13H21N5O/c1-2-3-4-5-6-7-10(19)18-9-17-11-12(14)15-8-16-13(11)18/h8-10,19H,2-7H2,1H3,(H2,14,15,16). The number of hydrogen-bond acceptors (Lipinski definition) is 5. The third-order valence-corrected chi connectivity index (χ3v) is 3.27. The predicted molar refractivity (Wildman–Crippen MR) is 74.4 cm³/mol. The smallest absolute Gasteiger partial charge is 0.167 e. The summed E-state index contributed by atoms with van der Waals surface area (Å²) in [5, 5.41) is 10.2. The van der Waals surface area contributed by atoms with Gasteiger partial charge >= 0.3 is 0 Å². The number of imidazole rings is 1. The Bertz CT molecular complexity index is 525. The molecule has 0 aliphatic heterocycles. The number of fused-ring (bicyclic) bond motifs is 1. The maximum absolute atomic E-state index is 10.2. The minimum Gasteiger partial charge on any atom is -0.382 e. The van der Waals surface area contributed by atoms with Gasteiger partial charge in [-0.25, -0.2) is 15.0 Å². The molecule has 2 rings (SSSR count). The van der Waals surface area contributed by atoms with E-state index in [-0.39, 0.29) is 0 Å². The van der Waals surface area contributed by atoms with E-state index >= 15 is 0 Å². The van der Waals surface area contributed by atoms with Crippen molar-refractivity contribution in [3.8, 4) is 0 Å². The largest absolute Gasteiger partial charge is 0.382 e. The summed E-state index contributed by atoms with van der Waals surface area (Å²) < 4.78 is 1.66. The van der Waals surface area contributed by atoms with Crippen molar-refractivity contribution in [1.82, 2.24) is 19.5 Å². The summed E-state index contributed by atoms with van der Waals surface area (Å²) in [6.45, 7) is 2.19. The van der Waals surface area contributed by atoms with Gasteiger partial charge in [-0.1, -0.05) is 32.6 Å². The van der Waals surface area contributed by atoms with Gasteiger partial charge in [0.15, 0.2) is 11.5 Å². The Labute approximate surface area is 112 Å². The van der Waals surface area contributed by atoms with Crippen molar-refractivity contribution in [1.29, 1.82) is 0 Å². The van der Waals surface area contributed by atoms with Crippen LogP contribution in [-0.2, 0) is 0 Å². The second-order valence-electron chi connectivity index (χ2n) is 4.77. The second-order valence-corrected chi connectivity index (χ2v) is 4.77. The third-order valence-electron chi connectivity index (χ3n) is 3.27. The minimum atomic E-state index is -0.596. The third kappa shape index (κ3) is 3.20. The van der Waals surface area contributed by atoms with Gasteiger partial charge in [0.05, 0.1) is 6.33 Å². The van der Waals surface area contributed by atoms with Crippen molar-refractivity contribution < 1.29 is 5.11 Å². The molecule has 3 N–H and O–H groups in total. The van der Waals surface area contributed by atoms with Gasteiger partial charge in [0.25, 0.3) is 0 Å². The fourth-order valence-electron chi connectivity index (χ4n) is 2.16. The Morgan fingerprint density at radius 3 is 2.79 bits per heavy atom. The van der Waals surface area contributed by atoms with Gasteiger partial charge in [-0.15, -0.1) is 0 Å². The number of nitrogens with zero attached hydrogens (tertiary/aromatic N) is 4. The summed E-state index contributed by atoms with van der Waals surface area (Å²) >= 11 is 0. The van der Waals surface area contributed by atoms with Crippen LogP contribution in [0.5, 0.6) is 0 Å². The van der Waals surface area contributed by atoms with E-state index in [4.69, 9.17) is 5.73 Å².